The predicted octanol–water partition coefficient (Wildman–Crippen LogP) is 2.98. The minimum absolute atomic E-state index is 0.0477. The smallest absolute Gasteiger partial charge is 0.317 e. The first-order valence-corrected chi connectivity index (χ1v) is 9.65. The van der Waals surface area contributed by atoms with Gasteiger partial charge in [-0.3, -0.25) is 4.90 Å². The summed E-state index contributed by atoms with van der Waals surface area (Å²) in [6, 6.07) is 10.6. The summed E-state index contributed by atoms with van der Waals surface area (Å²) in [5.41, 5.74) is 1.10. The zero-order valence-corrected chi connectivity index (χ0v) is 16.0. The van der Waals surface area contributed by atoms with Gasteiger partial charge in [-0.25, -0.2) is 4.79 Å². The third-order valence-electron chi connectivity index (χ3n) is 5.20. The molecule has 2 amide bonds. The van der Waals surface area contributed by atoms with Gasteiger partial charge in [0.1, 0.15) is 0 Å². The first kappa shape index (κ1) is 18.9. The summed E-state index contributed by atoms with van der Waals surface area (Å²) >= 11 is 0. The topological polar surface area (TPSA) is 44.8 Å². The van der Waals surface area contributed by atoms with Gasteiger partial charge in [0.25, 0.3) is 0 Å². The SMILES string of the molecule is CC(C)(CNC(=O)N(C/C=C/c1ccccc1)C1CC1)N1CCOCC1. The number of morpholine rings is 1. The fourth-order valence-corrected chi connectivity index (χ4v) is 3.32. The molecule has 0 radical (unpaired) electrons. The summed E-state index contributed by atoms with van der Waals surface area (Å²) in [6.07, 6.45) is 6.39. The molecule has 1 aromatic carbocycles. The number of carbonyl (C=O) groups excluding carboxylic acids is 1. The van der Waals surface area contributed by atoms with Crippen molar-refractivity contribution in [3.05, 3.63) is 42.0 Å². The molecular weight excluding hydrogens is 326 g/mol. The zero-order chi connectivity index (χ0) is 18.4. The standard InChI is InChI=1S/C21H31N3O2/c1-21(2,23-13-15-26-16-14-23)17-22-20(25)24(19-10-11-19)12-6-9-18-7-4-3-5-8-18/h3-9,19H,10-17H2,1-2H3,(H,22,25)/b9-6+. The highest BCUT2D eigenvalue weighted by molar-refractivity contribution is 5.75. The Kier molecular flexibility index (Phi) is 6.33. The lowest BCUT2D eigenvalue weighted by Gasteiger charge is -2.41. The van der Waals surface area contributed by atoms with Crippen molar-refractivity contribution < 1.29 is 9.53 Å². The summed E-state index contributed by atoms with van der Waals surface area (Å²) in [5, 5.41) is 3.16. The molecule has 1 aliphatic heterocycles. The van der Waals surface area contributed by atoms with Gasteiger partial charge in [-0.2, -0.15) is 0 Å². The van der Waals surface area contributed by atoms with E-state index in [1.165, 1.54) is 0 Å². The number of urea groups is 1. The molecule has 1 aromatic rings. The van der Waals surface area contributed by atoms with E-state index in [2.05, 4.69) is 48.3 Å². The van der Waals surface area contributed by atoms with Crippen LogP contribution in [0.15, 0.2) is 36.4 Å². The minimum Gasteiger partial charge on any atom is -0.379 e. The Morgan fingerprint density at radius 3 is 2.62 bits per heavy atom. The highest BCUT2D eigenvalue weighted by Crippen LogP contribution is 2.27. The van der Waals surface area contributed by atoms with Crippen LogP contribution in [0, 0.1) is 0 Å². The van der Waals surface area contributed by atoms with Gasteiger partial charge in [0, 0.05) is 37.8 Å². The number of ether oxygens (including phenoxy) is 1. The number of amides is 2. The van der Waals surface area contributed by atoms with Crippen LogP contribution < -0.4 is 5.32 Å². The second-order valence-electron chi connectivity index (χ2n) is 7.77. The number of nitrogens with zero attached hydrogens (tertiary/aromatic N) is 2. The molecule has 26 heavy (non-hydrogen) atoms. The van der Waals surface area contributed by atoms with Crippen molar-refractivity contribution in [1.82, 2.24) is 15.1 Å². The van der Waals surface area contributed by atoms with Crippen molar-refractivity contribution in [2.24, 2.45) is 0 Å². The van der Waals surface area contributed by atoms with Crippen LogP contribution in [0.5, 0.6) is 0 Å². The highest BCUT2D eigenvalue weighted by atomic mass is 16.5. The van der Waals surface area contributed by atoms with Crippen LogP contribution in [0.1, 0.15) is 32.3 Å². The quantitative estimate of drug-likeness (QED) is 0.816. The fraction of sp³-hybridized carbons (Fsp3) is 0.571. The van der Waals surface area contributed by atoms with E-state index < -0.39 is 0 Å². The van der Waals surface area contributed by atoms with Crippen LogP contribution in [-0.4, -0.2) is 66.8 Å². The number of nitrogens with one attached hydrogen (secondary N) is 1. The molecule has 0 atom stereocenters. The minimum atomic E-state index is -0.0610. The van der Waals surface area contributed by atoms with Crippen LogP contribution in [0.3, 0.4) is 0 Å². The second kappa shape index (κ2) is 8.69. The van der Waals surface area contributed by atoms with E-state index in [0.717, 1.165) is 44.7 Å². The Balaban J connectivity index is 1.51. The van der Waals surface area contributed by atoms with E-state index >= 15 is 0 Å². The fourth-order valence-electron chi connectivity index (χ4n) is 3.32. The first-order valence-electron chi connectivity index (χ1n) is 9.65. The number of benzene rings is 1. The molecule has 1 heterocycles. The lowest BCUT2D eigenvalue weighted by Crippen LogP contribution is -2.56. The maximum absolute atomic E-state index is 12.7. The molecule has 0 unspecified atom stereocenters. The predicted molar refractivity (Wildman–Crippen MR) is 105 cm³/mol. The van der Waals surface area contributed by atoms with Gasteiger partial charge in [0.05, 0.1) is 13.2 Å². The lowest BCUT2D eigenvalue weighted by molar-refractivity contribution is -0.00904. The molecule has 0 bridgehead atoms. The van der Waals surface area contributed by atoms with Crippen molar-refractivity contribution in [2.45, 2.75) is 38.3 Å². The van der Waals surface area contributed by atoms with Gasteiger partial charge < -0.3 is 15.0 Å². The van der Waals surface area contributed by atoms with Crippen LogP contribution in [0.25, 0.3) is 6.08 Å². The van der Waals surface area contributed by atoms with Gasteiger partial charge >= 0.3 is 6.03 Å². The summed E-state index contributed by atoms with van der Waals surface area (Å²) in [7, 11) is 0. The number of rotatable bonds is 7. The van der Waals surface area contributed by atoms with Gasteiger partial charge in [0.2, 0.25) is 0 Å². The van der Waals surface area contributed by atoms with Crippen molar-refractivity contribution in [1.29, 1.82) is 0 Å². The molecule has 2 fully saturated rings. The Morgan fingerprint density at radius 1 is 1.27 bits per heavy atom. The van der Waals surface area contributed by atoms with E-state index in [0.29, 0.717) is 19.1 Å². The monoisotopic (exact) mass is 357 g/mol. The molecule has 1 saturated carbocycles. The Hall–Kier alpha value is -1.85. The molecule has 1 N–H and O–H groups in total. The zero-order valence-electron chi connectivity index (χ0n) is 16.0. The second-order valence-corrected chi connectivity index (χ2v) is 7.77. The average Bonchev–Trinajstić information content (AvgIpc) is 3.50. The number of hydrogen-bond acceptors (Lipinski definition) is 3. The number of hydrogen-bond donors (Lipinski definition) is 1. The van der Waals surface area contributed by atoms with Gasteiger partial charge in [-0.05, 0) is 32.3 Å². The maximum atomic E-state index is 12.7. The third-order valence-corrected chi connectivity index (χ3v) is 5.20. The summed E-state index contributed by atoms with van der Waals surface area (Å²) in [5.74, 6) is 0. The molecule has 2 aliphatic rings. The van der Waals surface area contributed by atoms with E-state index in [-0.39, 0.29) is 11.6 Å². The largest absolute Gasteiger partial charge is 0.379 e. The van der Waals surface area contributed by atoms with E-state index in [9.17, 15) is 4.79 Å². The van der Waals surface area contributed by atoms with E-state index in [1.807, 2.05) is 23.1 Å². The molecular formula is C21H31N3O2. The van der Waals surface area contributed by atoms with Crippen molar-refractivity contribution in [3.63, 3.8) is 0 Å². The van der Waals surface area contributed by atoms with Gasteiger partial charge in [-0.15, -0.1) is 0 Å². The molecule has 1 saturated heterocycles. The molecule has 0 aromatic heterocycles. The molecule has 5 heteroatoms. The molecule has 5 nitrogen and oxygen atoms in total. The number of carbonyl (C=O) groups is 1. The Labute approximate surface area is 157 Å². The van der Waals surface area contributed by atoms with Crippen molar-refractivity contribution in [2.75, 3.05) is 39.4 Å². The molecule has 142 valence electrons. The average molecular weight is 357 g/mol. The maximum Gasteiger partial charge on any atom is 0.317 e. The van der Waals surface area contributed by atoms with Crippen molar-refractivity contribution >= 4 is 12.1 Å². The summed E-state index contributed by atoms with van der Waals surface area (Å²) < 4.78 is 5.43. The van der Waals surface area contributed by atoms with Crippen LogP contribution in [0.4, 0.5) is 4.79 Å². The lowest BCUT2D eigenvalue weighted by atomic mass is 10.0. The van der Waals surface area contributed by atoms with E-state index in [1.54, 1.807) is 0 Å². The van der Waals surface area contributed by atoms with Crippen LogP contribution in [-0.2, 0) is 4.74 Å². The molecule has 0 spiro atoms. The molecule has 1 aliphatic carbocycles. The summed E-state index contributed by atoms with van der Waals surface area (Å²) in [4.78, 5) is 17.1. The Morgan fingerprint density at radius 2 is 1.96 bits per heavy atom. The van der Waals surface area contributed by atoms with Gasteiger partial charge in [-0.1, -0.05) is 42.5 Å². The highest BCUT2D eigenvalue weighted by Gasteiger charge is 2.33. The Bertz CT molecular complexity index is 605. The van der Waals surface area contributed by atoms with Crippen LogP contribution in [0.2, 0.25) is 0 Å². The normalized spacial score (nSPS) is 18.8. The molecule has 3 rings (SSSR count). The third kappa shape index (κ3) is 5.32. The first-order chi connectivity index (χ1) is 12.6. The summed E-state index contributed by atoms with van der Waals surface area (Å²) in [6.45, 7) is 9.08. The van der Waals surface area contributed by atoms with E-state index in [4.69, 9.17) is 4.74 Å². The van der Waals surface area contributed by atoms with Crippen molar-refractivity contribution in [3.8, 4) is 0 Å². The van der Waals surface area contributed by atoms with Crippen LogP contribution >= 0.6 is 0 Å². The van der Waals surface area contributed by atoms with Gasteiger partial charge in [0.15, 0.2) is 0 Å².